The topological polar surface area (TPSA) is 29.5 Å². The molecule has 2 aliphatic rings. The van der Waals surface area contributed by atoms with Crippen LogP contribution in [-0.2, 0) is 10.8 Å². The Morgan fingerprint density at radius 3 is 1.70 bits per heavy atom. The number of hydrogen-bond acceptors (Lipinski definition) is 3. The van der Waals surface area contributed by atoms with Crippen LogP contribution in [0.25, 0.3) is 76.9 Å². The van der Waals surface area contributed by atoms with Gasteiger partial charge in [0.25, 0.3) is 0 Å². The van der Waals surface area contributed by atoms with E-state index in [1.165, 1.54) is 71.8 Å². The smallest absolute Gasteiger partial charge is 0.143 e. The minimum absolute atomic E-state index is 0.0122. The Hall–Kier alpha value is -7.36. The molecule has 1 spiro atoms. The van der Waals surface area contributed by atoms with E-state index in [0.29, 0.717) is 0 Å². The first-order valence-electron chi connectivity index (χ1n) is 21.3. The summed E-state index contributed by atoms with van der Waals surface area (Å²) in [6, 6.07) is 64.8. The quantitative estimate of drug-likeness (QED) is 0.179. The van der Waals surface area contributed by atoms with Crippen LogP contribution in [-0.4, -0.2) is 0 Å². The molecule has 2 aromatic heterocycles. The van der Waals surface area contributed by atoms with E-state index in [-0.39, 0.29) is 5.41 Å². The van der Waals surface area contributed by atoms with Crippen molar-refractivity contribution in [2.45, 2.75) is 38.5 Å². The molecule has 0 bridgehead atoms. The van der Waals surface area contributed by atoms with Crippen molar-refractivity contribution in [1.29, 1.82) is 0 Å². The SMILES string of the molecule is Cc1cc2c(c3oc4ccccc4c13)-c1c(cc(N(c3ccc(C(C)(C)C)cc3)c3ccc4c(c3)oc3ccccc34)c3ccccc13)C21c2ccccc2-c2ccccc21. The summed E-state index contributed by atoms with van der Waals surface area (Å²) in [5.41, 5.74) is 18.9. The number of anilines is 3. The zero-order valence-electron chi connectivity index (χ0n) is 34.5. The molecule has 0 radical (unpaired) electrons. The van der Waals surface area contributed by atoms with Gasteiger partial charge in [-0.1, -0.05) is 148 Å². The summed E-state index contributed by atoms with van der Waals surface area (Å²) in [6.45, 7) is 9.09. The normalized spacial score (nSPS) is 13.7. The summed E-state index contributed by atoms with van der Waals surface area (Å²) in [6.07, 6.45) is 0. The molecule has 0 aliphatic heterocycles. The molecule has 3 nitrogen and oxygen atoms in total. The second-order valence-corrected chi connectivity index (χ2v) is 18.0. The van der Waals surface area contributed by atoms with Crippen LogP contribution in [0, 0.1) is 6.92 Å². The molecule has 9 aromatic carbocycles. The third-order valence-electron chi connectivity index (χ3n) is 13.7. The third-order valence-corrected chi connectivity index (χ3v) is 13.7. The highest BCUT2D eigenvalue weighted by atomic mass is 16.3. The van der Waals surface area contributed by atoms with Crippen LogP contribution in [0.15, 0.2) is 185 Å². The van der Waals surface area contributed by atoms with Crippen LogP contribution < -0.4 is 4.90 Å². The molecule has 0 unspecified atom stereocenters. The van der Waals surface area contributed by atoms with E-state index in [1.807, 2.05) is 6.07 Å². The standard InChI is InChI=1S/C58H41NO2/c1-34-31-47-55(56-53(34)44-20-10-14-24-51(44)61-56)54-43-19-6-5-17-40(43)49(33-48(54)58(47)45-21-11-7-15-38(45)39-16-8-12-22-46(39)58)59(36-27-25-35(26-28-36)57(2,3)4)37-29-30-42-41-18-9-13-23-50(41)60-52(42)32-37/h5-33H,1-4H3. The van der Waals surface area contributed by atoms with E-state index in [4.69, 9.17) is 8.83 Å². The molecular weight excluding hydrogens is 743 g/mol. The zero-order chi connectivity index (χ0) is 40.8. The number of benzene rings is 9. The van der Waals surface area contributed by atoms with Gasteiger partial charge in [0.15, 0.2) is 0 Å². The van der Waals surface area contributed by atoms with Gasteiger partial charge in [0.05, 0.1) is 11.1 Å². The molecule has 0 N–H and O–H groups in total. The van der Waals surface area contributed by atoms with Gasteiger partial charge in [0.1, 0.15) is 22.3 Å². The molecular formula is C58H41NO2. The summed E-state index contributed by atoms with van der Waals surface area (Å²) < 4.78 is 13.6. The van der Waals surface area contributed by atoms with Crippen LogP contribution >= 0.6 is 0 Å². The van der Waals surface area contributed by atoms with Gasteiger partial charge in [-0.3, -0.25) is 0 Å². The summed E-state index contributed by atoms with van der Waals surface area (Å²) in [7, 11) is 0. The number of hydrogen-bond donors (Lipinski definition) is 0. The van der Waals surface area contributed by atoms with Crippen molar-refractivity contribution < 1.29 is 8.83 Å². The minimum atomic E-state index is -0.598. The van der Waals surface area contributed by atoms with Crippen LogP contribution in [0.5, 0.6) is 0 Å². The predicted octanol–water partition coefficient (Wildman–Crippen LogP) is 16.1. The average molecular weight is 784 g/mol. The molecule has 61 heavy (non-hydrogen) atoms. The Bertz CT molecular complexity index is 3600. The van der Waals surface area contributed by atoms with Crippen molar-refractivity contribution in [1.82, 2.24) is 0 Å². The number of fused-ring (bicyclic) bond motifs is 19. The van der Waals surface area contributed by atoms with Crippen molar-refractivity contribution in [3.8, 4) is 22.3 Å². The highest BCUT2D eigenvalue weighted by Gasteiger charge is 2.53. The van der Waals surface area contributed by atoms with E-state index in [2.05, 4.69) is 202 Å². The zero-order valence-corrected chi connectivity index (χ0v) is 34.5. The van der Waals surface area contributed by atoms with Crippen molar-refractivity contribution in [3.63, 3.8) is 0 Å². The lowest BCUT2D eigenvalue weighted by atomic mass is 9.70. The van der Waals surface area contributed by atoms with Crippen molar-refractivity contribution in [2.24, 2.45) is 0 Å². The van der Waals surface area contributed by atoms with E-state index >= 15 is 0 Å². The van der Waals surface area contributed by atoms with Crippen LogP contribution in [0.1, 0.15) is 54.2 Å². The summed E-state index contributed by atoms with van der Waals surface area (Å²) in [5.74, 6) is 0. The molecule has 0 amide bonds. The van der Waals surface area contributed by atoms with E-state index in [1.54, 1.807) is 0 Å². The fourth-order valence-electron chi connectivity index (χ4n) is 11.1. The molecule has 2 aliphatic carbocycles. The van der Waals surface area contributed by atoms with Gasteiger partial charge >= 0.3 is 0 Å². The molecule has 0 saturated carbocycles. The van der Waals surface area contributed by atoms with Gasteiger partial charge in [0, 0.05) is 49.9 Å². The van der Waals surface area contributed by atoms with Gasteiger partial charge < -0.3 is 13.7 Å². The number of aryl methyl sites for hydroxylation is 1. The molecule has 290 valence electrons. The predicted molar refractivity (Wildman–Crippen MR) is 253 cm³/mol. The molecule has 0 atom stereocenters. The number of rotatable bonds is 3. The Balaban J connectivity index is 1.19. The first-order valence-corrected chi connectivity index (χ1v) is 21.3. The van der Waals surface area contributed by atoms with Gasteiger partial charge in [-0.25, -0.2) is 0 Å². The van der Waals surface area contributed by atoms with Crippen LogP contribution in [0.3, 0.4) is 0 Å². The second kappa shape index (κ2) is 12.1. The average Bonchev–Trinajstić information content (AvgIpc) is 4.02. The van der Waals surface area contributed by atoms with Gasteiger partial charge in [-0.05, 0) is 110 Å². The molecule has 13 rings (SSSR count). The summed E-state index contributed by atoms with van der Waals surface area (Å²) >= 11 is 0. The summed E-state index contributed by atoms with van der Waals surface area (Å²) in [5, 5.41) is 6.93. The minimum Gasteiger partial charge on any atom is -0.456 e. The fraction of sp³-hybridized carbons (Fsp3) is 0.103. The van der Waals surface area contributed by atoms with Crippen LogP contribution in [0.4, 0.5) is 17.1 Å². The second-order valence-electron chi connectivity index (χ2n) is 18.0. The number of para-hydroxylation sites is 2. The van der Waals surface area contributed by atoms with Gasteiger partial charge in [-0.15, -0.1) is 0 Å². The highest BCUT2D eigenvalue weighted by Crippen LogP contribution is 2.66. The lowest BCUT2D eigenvalue weighted by molar-refractivity contribution is 0.590. The molecule has 3 heteroatoms. The Kier molecular flexibility index (Phi) is 6.85. The van der Waals surface area contributed by atoms with Crippen molar-refractivity contribution in [3.05, 3.63) is 209 Å². The molecule has 0 saturated heterocycles. The van der Waals surface area contributed by atoms with Crippen molar-refractivity contribution >= 4 is 71.7 Å². The monoisotopic (exact) mass is 783 g/mol. The Morgan fingerprint density at radius 1 is 0.443 bits per heavy atom. The first kappa shape index (κ1) is 34.5. The van der Waals surface area contributed by atoms with E-state index in [9.17, 15) is 0 Å². The Labute approximate surface area is 354 Å². The lowest BCUT2D eigenvalue weighted by Gasteiger charge is -2.33. The fourth-order valence-corrected chi connectivity index (χ4v) is 11.1. The molecule has 0 fully saturated rings. The largest absolute Gasteiger partial charge is 0.456 e. The molecule has 11 aromatic rings. The molecule has 2 heterocycles. The summed E-state index contributed by atoms with van der Waals surface area (Å²) in [4.78, 5) is 2.45. The lowest BCUT2D eigenvalue weighted by Crippen LogP contribution is -2.26. The van der Waals surface area contributed by atoms with Gasteiger partial charge in [0.2, 0.25) is 0 Å². The van der Waals surface area contributed by atoms with E-state index < -0.39 is 5.41 Å². The maximum atomic E-state index is 7.06. The van der Waals surface area contributed by atoms with Crippen molar-refractivity contribution in [2.75, 3.05) is 4.90 Å². The third kappa shape index (κ3) is 4.53. The van der Waals surface area contributed by atoms with Gasteiger partial charge in [-0.2, -0.15) is 0 Å². The van der Waals surface area contributed by atoms with E-state index in [0.717, 1.165) is 55.6 Å². The maximum Gasteiger partial charge on any atom is 0.143 e. The van der Waals surface area contributed by atoms with Crippen LogP contribution in [0.2, 0.25) is 0 Å². The first-order chi connectivity index (χ1) is 29.8. The number of nitrogens with zero attached hydrogens (tertiary/aromatic N) is 1. The highest BCUT2D eigenvalue weighted by molar-refractivity contribution is 6.20. The number of furan rings is 2. The Morgan fingerprint density at radius 2 is 1.00 bits per heavy atom. The maximum absolute atomic E-state index is 7.06.